The van der Waals surface area contributed by atoms with E-state index in [1.807, 2.05) is 13.0 Å². The second-order valence-corrected chi connectivity index (χ2v) is 3.06. The fraction of sp³-hybridized carbons (Fsp3) is 0.667. The zero-order valence-corrected chi connectivity index (χ0v) is 6.88. The van der Waals surface area contributed by atoms with Crippen molar-refractivity contribution >= 4 is 5.97 Å². The Kier molecular flexibility index (Phi) is 2.69. The quantitative estimate of drug-likeness (QED) is 0.458. The second kappa shape index (κ2) is 3.56. The summed E-state index contributed by atoms with van der Waals surface area (Å²) in [6.07, 6.45) is 4.75. The third-order valence-electron chi connectivity index (χ3n) is 1.99. The molecule has 62 valence electrons. The summed E-state index contributed by atoms with van der Waals surface area (Å²) in [7, 11) is 0. The number of rotatable bonds is 3. The summed E-state index contributed by atoms with van der Waals surface area (Å²) in [6, 6.07) is 0. The van der Waals surface area contributed by atoms with Crippen molar-refractivity contribution in [1.82, 2.24) is 0 Å². The van der Waals surface area contributed by atoms with Crippen molar-refractivity contribution in [2.45, 2.75) is 32.3 Å². The van der Waals surface area contributed by atoms with Gasteiger partial charge in [-0.2, -0.15) is 0 Å². The molecule has 0 radical (unpaired) electrons. The molecule has 0 aromatic rings. The Labute approximate surface area is 67.2 Å². The van der Waals surface area contributed by atoms with E-state index in [2.05, 4.69) is 6.58 Å². The zero-order chi connectivity index (χ0) is 8.27. The van der Waals surface area contributed by atoms with Crippen LogP contribution in [0.1, 0.15) is 26.2 Å². The van der Waals surface area contributed by atoms with E-state index in [4.69, 9.17) is 4.74 Å². The monoisotopic (exact) mass is 154 g/mol. The van der Waals surface area contributed by atoms with Crippen molar-refractivity contribution < 1.29 is 9.53 Å². The predicted molar refractivity (Wildman–Crippen MR) is 43.1 cm³/mol. The Balaban J connectivity index is 2.29. The molecule has 1 fully saturated rings. The molecule has 0 bridgehead atoms. The molecule has 1 rings (SSSR count). The van der Waals surface area contributed by atoms with Crippen molar-refractivity contribution in [2.75, 3.05) is 0 Å². The molecular weight excluding hydrogens is 140 g/mol. The van der Waals surface area contributed by atoms with Gasteiger partial charge in [0.05, 0.1) is 5.92 Å². The van der Waals surface area contributed by atoms with Crippen molar-refractivity contribution in [3.63, 3.8) is 0 Å². The maximum Gasteiger partial charge on any atom is 0.309 e. The van der Waals surface area contributed by atoms with E-state index in [-0.39, 0.29) is 18.0 Å². The van der Waals surface area contributed by atoms with Gasteiger partial charge in [-0.15, -0.1) is 6.58 Å². The second-order valence-electron chi connectivity index (χ2n) is 3.06. The molecule has 11 heavy (non-hydrogen) atoms. The Bertz CT molecular complexity index is 163. The first-order chi connectivity index (χ1) is 5.24. The Morgan fingerprint density at radius 3 is 3.00 bits per heavy atom. The van der Waals surface area contributed by atoms with E-state index in [0.29, 0.717) is 0 Å². The Morgan fingerprint density at radius 1 is 1.82 bits per heavy atom. The average Bonchev–Trinajstić information content (AvgIpc) is 2.28. The molecule has 1 aliphatic heterocycles. The summed E-state index contributed by atoms with van der Waals surface area (Å²) < 4.78 is 5.09. The molecule has 1 heterocycles. The van der Waals surface area contributed by atoms with Crippen LogP contribution in [0.15, 0.2) is 12.7 Å². The molecule has 0 saturated carbocycles. The van der Waals surface area contributed by atoms with Crippen LogP contribution in [0, 0.1) is 5.92 Å². The highest BCUT2D eigenvalue weighted by atomic mass is 16.5. The van der Waals surface area contributed by atoms with Crippen molar-refractivity contribution in [1.29, 1.82) is 0 Å². The van der Waals surface area contributed by atoms with Crippen LogP contribution in [-0.2, 0) is 9.53 Å². The maximum absolute atomic E-state index is 10.9. The molecule has 0 N–H and O–H groups in total. The minimum absolute atomic E-state index is 0.0425. The lowest BCUT2D eigenvalue weighted by atomic mass is 10.0. The van der Waals surface area contributed by atoms with Gasteiger partial charge in [0.15, 0.2) is 0 Å². The number of allylic oxidation sites excluding steroid dienone is 1. The largest absolute Gasteiger partial charge is 0.462 e. The number of carbonyl (C=O) groups is 1. The predicted octanol–water partition coefficient (Wildman–Crippen LogP) is 1.90. The molecule has 2 nitrogen and oxygen atoms in total. The first-order valence-electron chi connectivity index (χ1n) is 4.05. The van der Waals surface area contributed by atoms with Crippen LogP contribution in [0.25, 0.3) is 0 Å². The number of esters is 1. The van der Waals surface area contributed by atoms with E-state index >= 15 is 0 Å². The number of cyclic esters (lactones) is 1. The molecular formula is C9H14O2. The fourth-order valence-corrected chi connectivity index (χ4v) is 1.30. The normalized spacial score (nSPS) is 30.1. The number of ether oxygens (including phenoxy) is 1. The molecule has 2 heteroatoms. The number of carbonyl (C=O) groups excluding carboxylic acids is 1. The van der Waals surface area contributed by atoms with Gasteiger partial charge in [0.2, 0.25) is 0 Å². The van der Waals surface area contributed by atoms with Crippen LogP contribution in [-0.4, -0.2) is 12.1 Å². The molecule has 2 atom stereocenters. The van der Waals surface area contributed by atoms with Crippen LogP contribution in [0.3, 0.4) is 0 Å². The molecule has 0 amide bonds. The lowest BCUT2D eigenvalue weighted by molar-refractivity contribution is -0.144. The van der Waals surface area contributed by atoms with Crippen LogP contribution < -0.4 is 0 Å². The molecule has 0 unspecified atom stereocenters. The van der Waals surface area contributed by atoms with E-state index < -0.39 is 0 Å². The highest BCUT2D eigenvalue weighted by molar-refractivity contribution is 5.74. The van der Waals surface area contributed by atoms with Gasteiger partial charge < -0.3 is 4.74 Å². The van der Waals surface area contributed by atoms with Crippen LogP contribution >= 0.6 is 0 Å². The third-order valence-corrected chi connectivity index (χ3v) is 1.99. The van der Waals surface area contributed by atoms with Crippen LogP contribution in [0.5, 0.6) is 0 Å². The van der Waals surface area contributed by atoms with Crippen LogP contribution in [0.4, 0.5) is 0 Å². The zero-order valence-electron chi connectivity index (χ0n) is 6.88. The van der Waals surface area contributed by atoms with Crippen molar-refractivity contribution in [3.05, 3.63) is 12.7 Å². The number of hydrogen-bond donors (Lipinski definition) is 0. The average molecular weight is 154 g/mol. The molecule has 0 aliphatic carbocycles. The fourth-order valence-electron chi connectivity index (χ4n) is 1.30. The Hall–Kier alpha value is -0.790. The molecule has 1 saturated heterocycles. The first kappa shape index (κ1) is 8.31. The van der Waals surface area contributed by atoms with E-state index in [0.717, 1.165) is 19.3 Å². The summed E-state index contributed by atoms with van der Waals surface area (Å²) in [6.45, 7) is 5.53. The van der Waals surface area contributed by atoms with Gasteiger partial charge >= 0.3 is 5.97 Å². The molecule has 0 spiro atoms. The molecule has 0 aromatic carbocycles. The van der Waals surface area contributed by atoms with E-state index in [1.54, 1.807) is 0 Å². The van der Waals surface area contributed by atoms with Crippen molar-refractivity contribution in [2.24, 2.45) is 5.92 Å². The van der Waals surface area contributed by atoms with Gasteiger partial charge in [-0.25, -0.2) is 0 Å². The van der Waals surface area contributed by atoms with E-state index in [9.17, 15) is 4.79 Å². The third kappa shape index (κ3) is 2.07. The Morgan fingerprint density at radius 2 is 2.55 bits per heavy atom. The van der Waals surface area contributed by atoms with Gasteiger partial charge in [-0.05, 0) is 19.3 Å². The standard InChI is InChI=1S/C9H14O2/c1-3-4-5-8-6-7(2)9(10)11-8/h3,7-8H,1,4-6H2,2H3/t7-,8-/m1/s1. The number of hydrogen-bond acceptors (Lipinski definition) is 2. The summed E-state index contributed by atoms with van der Waals surface area (Å²) >= 11 is 0. The summed E-state index contributed by atoms with van der Waals surface area (Å²) in [5.74, 6) is 0.0591. The summed E-state index contributed by atoms with van der Waals surface area (Å²) in [5.41, 5.74) is 0. The highest BCUT2D eigenvalue weighted by Crippen LogP contribution is 2.23. The molecule has 0 aromatic heterocycles. The smallest absolute Gasteiger partial charge is 0.309 e. The summed E-state index contributed by atoms with van der Waals surface area (Å²) in [4.78, 5) is 10.9. The maximum atomic E-state index is 10.9. The van der Waals surface area contributed by atoms with E-state index in [1.165, 1.54) is 0 Å². The lowest BCUT2D eigenvalue weighted by Crippen LogP contribution is -2.05. The minimum Gasteiger partial charge on any atom is -0.462 e. The van der Waals surface area contributed by atoms with Gasteiger partial charge in [0.25, 0.3) is 0 Å². The van der Waals surface area contributed by atoms with Crippen molar-refractivity contribution in [3.8, 4) is 0 Å². The van der Waals surface area contributed by atoms with Crippen LogP contribution in [0.2, 0.25) is 0 Å². The van der Waals surface area contributed by atoms with Gasteiger partial charge in [-0.3, -0.25) is 4.79 Å². The SMILES string of the molecule is C=CCC[C@@H]1C[C@@H](C)C(=O)O1. The summed E-state index contributed by atoms with van der Waals surface area (Å²) in [5, 5.41) is 0. The first-order valence-corrected chi connectivity index (χ1v) is 4.05. The van der Waals surface area contributed by atoms with Gasteiger partial charge in [0.1, 0.15) is 6.10 Å². The topological polar surface area (TPSA) is 26.3 Å². The van der Waals surface area contributed by atoms with Gasteiger partial charge in [-0.1, -0.05) is 13.0 Å². The minimum atomic E-state index is -0.0425. The lowest BCUT2D eigenvalue weighted by Gasteiger charge is -2.05. The van der Waals surface area contributed by atoms with Gasteiger partial charge in [0, 0.05) is 0 Å². The molecule has 1 aliphatic rings. The highest BCUT2D eigenvalue weighted by Gasteiger charge is 2.29.